The van der Waals surface area contributed by atoms with Gasteiger partial charge in [0.25, 0.3) is 0 Å². The highest BCUT2D eigenvalue weighted by Gasteiger charge is 2.08. The molecule has 13 heavy (non-hydrogen) atoms. The van der Waals surface area contributed by atoms with E-state index < -0.39 is 0 Å². The molecule has 0 aliphatic heterocycles. The van der Waals surface area contributed by atoms with Crippen molar-refractivity contribution >= 4 is 0 Å². The lowest BCUT2D eigenvalue weighted by Crippen LogP contribution is -1.96. The molecule has 1 N–H and O–H groups in total. The van der Waals surface area contributed by atoms with Gasteiger partial charge in [0, 0.05) is 11.9 Å². The predicted octanol–water partition coefficient (Wildman–Crippen LogP) is 2.24. The van der Waals surface area contributed by atoms with Crippen LogP contribution in [0.3, 0.4) is 0 Å². The number of rotatable bonds is 3. The molecular weight excluding hydrogens is 162 g/mol. The Bertz CT molecular complexity index is 306. The van der Waals surface area contributed by atoms with Crippen molar-refractivity contribution in [2.75, 3.05) is 0 Å². The number of H-pyrrole nitrogens is 1. The van der Waals surface area contributed by atoms with Crippen LogP contribution in [0, 0.1) is 17.2 Å². The van der Waals surface area contributed by atoms with E-state index in [0.717, 1.165) is 17.9 Å². The van der Waals surface area contributed by atoms with Crippen LogP contribution >= 0.6 is 0 Å². The van der Waals surface area contributed by atoms with Crippen LogP contribution in [-0.2, 0) is 6.42 Å². The highest BCUT2D eigenvalue weighted by molar-refractivity contribution is 5.11. The first-order valence-electron chi connectivity index (χ1n) is 4.57. The molecule has 0 bridgehead atoms. The van der Waals surface area contributed by atoms with Crippen molar-refractivity contribution in [3.63, 3.8) is 0 Å². The monoisotopic (exact) mass is 177 g/mol. The summed E-state index contributed by atoms with van der Waals surface area (Å²) in [6.07, 6.45) is 2.81. The second-order valence-corrected chi connectivity index (χ2v) is 3.74. The van der Waals surface area contributed by atoms with Crippen LogP contribution in [0.15, 0.2) is 6.20 Å². The van der Waals surface area contributed by atoms with Crippen molar-refractivity contribution in [2.45, 2.75) is 33.1 Å². The van der Waals surface area contributed by atoms with Crippen molar-refractivity contribution in [3.8, 4) is 6.07 Å². The zero-order valence-electron chi connectivity index (χ0n) is 8.33. The molecule has 0 aliphatic carbocycles. The minimum Gasteiger partial charge on any atom is -0.345 e. The average Bonchev–Trinajstić information content (AvgIpc) is 2.50. The van der Waals surface area contributed by atoms with Gasteiger partial charge in [0.15, 0.2) is 0 Å². The second kappa shape index (κ2) is 4.08. The first-order chi connectivity index (χ1) is 6.13. The number of imidazole rings is 1. The predicted molar refractivity (Wildman–Crippen MR) is 51.2 cm³/mol. The normalized spacial score (nSPS) is 12.8. The molecule has 1 unspecified atom stereocenters. The summed E-state index contributed by atoms with van der Waals surface area (Å²) in [5.41, 5.74) is 1.12. The Balaban J connectivity index is 2.70. The Kier molecular flexibility index (Phi) is 3.07. The van der Waals surface area contributed by atoms with E-state index >= 15 is 0 Å². The lowest BCUT2D eigenvalue weighted by atomic mass is 10.1. The zero-order chi connectivity index (χ0) is 9.84. The zero-order valence-corrected chi connectivity index (χ0v) is 8.33. The SMILES string of the molecule is CC(C)Cc1cnc(C(C)C#N)[nH]1. The number of nitriles is 1. The maximum absolute atomic E-state index is 8.67. The summed E-state index contributed by atoms with van der Waals surface area (Å²) < 4.78 is 0. The van der Waals surface area contributed by atoms with Crippen molar-refractivity contribution in [1.82, 2.24) is 9.97 Å². The molecule has 3 nitrogen and oxygen atoms in total. The first-order valence-corrected chi connectivity index (χ1v) is 4.57. The van der Waals surface area contributed by atoms with Crippen LogP contribution in [0.4, 0.5) is 0 Å². The molecule has 0 aliphatic rings. The molecule has 1 atom stereocenters. The molecule has 3 heteroatoms. The van der Waals surface area contributed by atoms with E-state index in [1.165, 1.54) is 0 Å². The molecule has 1 heterocycles. The summed E-state index contributed by atoms with van der Waals surface area (Å²) in [6.45, 7) is 6.17. The Morgan fingerprint density at radius 1 is 1.54 bits per heavy atom. The third-order valence-corrected chi connectivity index (χ3v) is 1.88. The van der Waals surface area contributed by atoms with E-state index in [1.54, 1.807) is 0 Å². The summed E-state index contributed by atoms with van der Waals surface area (Å²) in [5, 5.41) is 8.67. The van der Waals surface area contributed by atoms with Gasteiger partial charge in [-0.1, -0.05) is 13.8 Å². The van der Waals surface area contributed by atoms with E-state index in [4.69, 9.17) is 5.26 Å². The van der Waals surface area contributed by atoms with E-state index in [-0.39, 0.29) is 5.92 Å². The number of nitrogens with one attached hydrogen (secondary N) is 1. The van der Waals surface area contributed by atoms with Crippen molar-refractivity contribution < 1.29 is 0 Å². The van der Waals surface area contributed by atoms with Gasteiger partial charge in [-0.3, -0.25) is 0 Å². The number of hydrogen-bond donors (Lipinski definition) is 1. The van der Waals surface area contributed by atoms with Gasteiger partial charge in [0.05, 0.1) is 6.07 Å². The molecule has 1 rings (SSSR count). The number of aromatic nitrogens is 2. The number of hydrogen-bond acceptors (Lipinski definition) is 2. The van der Waals surface area contributed by atoms with Gasteiger partial charge in [0.1, 0.15) is 11.7 Å². The number of nitrogens with zero attached hydrogens (tertiary/aromatic N) is 2. The lowest BCUT2D eigenvalue weighted by Gasteiger charge is -2.00. The molecule has 0 radical (unpaired) electrons. The summed E-state index contributed by atoms with van der Waals surface area (Å²) in [6, 6.07) is 2.15. The Hall–Kier alpha value is -1.30. The maximum atomic E-state index is 8.67. The van der Waals surface area contributed by atoms with Crippen LogP contribution in [0.5, 0.6) is 0 Å². The molecular formula is C10H15N3. The minimum atomic E-state index is -0.138. The molecule has 0 saturated heterocycles. The fourth-order valence-corrected chi connectivity index (χ4v) is 1.20. The smallest absolute Gasteiger partial charge is 0.123 e. The van der Waals surface area contributed by atoms with Gasteiger partial charge in [-0.25, -0.2) is 4.98 Å². The largest absolute Gasteiger partial charge is 0.345 e. The average molecular weight is 177 g/mol. The quantitative estimate of drug-likeness (QED) is 0.769. The molecule has 0 fully saturated rings. The Morgan fingerprint density at radius 3 is 2.77 bits per heavy atom. The van der Waals surface area contributed by atoms with E-state index in [2.05, 4.69) is 29.9 Å². The third-order valence-electron chi connectivity index (χ3n) is 1.88. The molecule has 0 spiro atoms. The van der Waals surface area contributed by atoms with Crippen LogP contribution in [0.25, 0.3) is 0 Å². The molecule has 1 aromatic rings. The maximum Gasteiger partial charge on any atom is 0.123 e. The van der Waals surface area contributed by atoms with Crippen LogP contribution in [0.1, 0.15) is 38.2 Å². The van der Waals surface area contributed by atoms with Gasteiger partial charge in [0.2, 0.25) is 0 Å². The van der Waals surface area contributed by atoms with Crippen molar-refractivity contribution in [2.24, 2.45) is 5.92 Å². The van der Waals surface area contributed by atoms with Crippen LogP contribution in [-0.4, -0.2) is 9.97 Å². The Morgan fingerprint density at radius 2 is 2.23 bits per heavy atom. The first kappa shape index (κ1) is 9.79. The third kappa shape index (κ3) is 2.59. The molecule has 0 amide bonds. The lowest BCUT2D eigenvalue weighted by molar-refractivity contribution is 0.636. The molecule has 0 saturated carbocycles. The van der Waals surface area contributed by atoms with E-state index in [1.807, 2.05) is 13.1 Å². The van der Waals surface area contributed by atoms with Crippen LogP contribution < -0.4 is 0 Å². The fraction of sp³-hybridized carbons (Fsp3) is 0.600. The van der Waals surface area contributed by atoms with Gasteiger partial charge in [-0.05, 0) is 19.3 Å². The highest BCUT2D eigenvalue weighted by atomic mass is 14.9. The van der Waals surface area contributed by atoms with Crippen LogP contribution in [0.2, 0.25) is 0 Å². The fourth-order valence-electron chi connectivity index (χ4n) is 1.20. The second-order valence-electron chi connectivity index (χ2n) is 3.74. The molecule has 0 aromatic carbocycles. The van der Waals surface area contributed by atoms with Crippen molar-refractivity contribution in [3.05, 3.63) is 17.7 Å². The van der Waals surface area contributed by atoms with E-state index in [0.29, 0.717) is 5.92 Å². The summed E-state index contributed by atoms with van der Waals surface area (Å²) in [5.74, 6) is 1.25. The minimum absolute atomic E-state index is 0.138. The highest BCUT2D eigenvalue weighted by Crippen LogP contribution is 2.11. The summed E-state index contributed by atoms with van der Waals surface area (Å²) in [4.78, 5) is 7.32. The Labute approximate surface area is 78.8 Å². The topological polar surface area (TPSA) is 52.5 Å². The van der Waals surface area contributed by atoms with Gasteiger partial charge >= 0.3 is 0 Å². The van der Waals surface area contributed by atoms with Gasteiger partial charge in [-0.15, -0.1) is 0 Å². The van der Waals surface area contributed by atoms with Gasteiger partial charge in [-0.2, -0.15) is 5.26 Å². The summed E-state index contributed by atoms with van der Waals surface area (Å²) >= 11 is 0. The summed E-state index contributed by atoms with van der Waals surface area (Å²) in [7, 11) is 0. The number of aromatic amines is 1. The van der Waals surface area contributed by atoms with E-state index in [9.17, 15) is 0 Å². The standard InChI is InChI=1S/C10H15N3/c1-7(2)4-9-6-12-10(13-9)8(3)5-11/h6-8H,4H2,1-3H3,(H,12,13). The molecule has 1 aromatic heterocycles. The van der Waals surface area contributed by atoms with Crippen molar-refractivity contribution in [1.29, 1.82) is 5.26 Å². The molecule has 70 valence electrons. The van der Waals surface area contributed by atoms with Gasteiger partial charge < -0.3 is 4.98 Å².